The van der Waals surface area contributed by atoms with Gasteiger partial charge in [-0.15, -0.1) is 11.3 Å². The molecule has 0 unspecified atom stereocenters. The lowest BCUT2D eigenvalue weighted by Gasteiger charge is -2.16. The van der Waals surface area contributed by atoms with E-state index in [0.29, 0.717) is 21.9 Å². The van der Waals surface area contributed by atoms with Gasteiger partial charge in [0.15, 0.2) is 5.16 Å². The summed E-state index contributed by atoms with van der Waals surface area (Å²) in [4.78, 5) is 34.3. The number of hydrogen-bond acceptors (Lipinski definition) is 5. The summed E-state index contributed by atoms with van der Waals surface area (Å²) in [5, 5.41) is 1.38. The van der Waals surface area contributed by atoms with Crippen molar-refractivity contribution in [3.63, 3.8) is 0 Å². The fourth-order valence-electron chi connectivity index (χ4n) is 3.71. The molecule has 0 fully saturated rings. The zero-order valence-electron chi connectivity index (χ0n) is 19.7. The summed E-state index contributed by atoms with van der Waals surface area (Å²) in [6.07, 6.45) is 0. The molecule has 5 nitrogen and oxygen atoms in total. The van der Waals surface area contributed by atoms with Crippen LogP contribution < -0.4 is 5.56 Å². The Hall–Kier alpha value is -2.90. The van der Waals surface area contributed by atoms with Gasteiger partial charge < -0.3 is 4.90 Å². The average Bonchev–Trinajstić information content (AvgIpc) is 3.08. The van der Waals surface area contributed by atoms with E-state index in [1.54, 1.807) is 34.9 Å². The van der Waals surface area contributed by atoms with Gasteiger partial charge in [0.25, 0.3) is 11.5 Å². The van der Waals surface area contributed by atoms with Gasteiger partial charge in [0.1, 0.15) is 4.83 Å². The third kappa shape index (κ3) is 4.35. The van der Waals surface area contributed by atoms with Crippen molar-refractivity contribution in [2.45, 2.75) is 38.6 Å². The SMILES string of the molecule is Cc1cccc(-n2c(SCc3ccc(C(=O)N(C)C)cc3)nc3sc(C)c(C)c3c2=O)c1C. The zero-order valence-corrected chi connectivity index (χ0v) is 21.4. The summed E-state index contributed by atoms with van der Waals surface area (Å²) >= 11 is 3.11. The maximum atomic E-state index is 13.7. The standard InChI is InChI=1S/C26H27N3O2S2/c1-15-8-7-9-21(16(15)2)29-25(31)22-17(3)18(4)33-23(22)27-26(29)32-14-19-10-12-20(13-11-19)24(30)28(5)6/h7-13H,14H2,1-6H3. The van der Waals surface area contributed by atoms with E-state index < -0.39 is 0 Å². The summed E-state index contributed by atoms with van der Waals surface area (Å²) in [6.45, 7) is 8.13. The second-order valence-corrected chi connectivity index (χ2v) is 10.5. The van der Waals surface area contributed by atoms with Crippen LogP contribution in [-0.4, -0.2) is 34.5 Å². The van der Waals surface area contributed by atoms with Crippen LogP contribution in [0.25, 0.3) is 15.9 Å². The van der Waals surface area contributed by atoms with Crippen molar-refractivity contribution in [3.05, 3.63) is 85.5 Å². The summed E-state index contributed by atoms with van der Waals surface area (Å²) in [5.74, 6) is 0.622. The predicted octanol–water partition coefficient (Wildman–Crippen LogP) is 5.67. The maximum absolute atomic E-state index is 13.7. The van der Waals surface area contributed by atoms with Crippen LogP contribution in [0, 0.1) is 27.7 Å². The third-order valence-electron chi connectivity index (χ3n) is 5.96. The predicted molar refractivity (Wildman–Crippen MR) is 138 cm³/mol. The van der Waals surface area contributed by atoms with E-state index in [1.165, 1.54) is 11.8 Å². The van der Waals surface area contributed by atoms with Crippen molar-refractivity contribution in [2.24, 2.45) is 0 Å². The topological polar surface area (TPSA) is 55.2 Å². The van der Waals surface area contributed by atoms with Crippen LogP contribution in [0.5, 0.6) is 0 Å². The van der Waals surface area contributed by atoms with Crippen molar-refractivity contribution in [1.82, 2.24) is 14.5 Å². The van der Waals surface area contributed by atoms with E-state index in [1.807, 2.05) is 57.2 Å². The highest BCUT2D eigenvalue weighted by molar-refractivity contribution is 7.98. The molecule has 0 N–H and O–H groups in total. The molecule has 0 spiro atoms. The van der Waals surface area contributed by atoms with Gasteiger partial charge in [-0.25, -0.2) is 4.98 Å². The molecule has 33 heavy (non-hydrogen) atoms. The van der Waals surface area contributed by atoms with Crippen LogP contribution in [0.1, 0.15) is 37.5 Å². The fraction of sp³-hybridized carbons (Fsp3) is 0.269. The molecule has 0 saturated carbocycles. The summed E-state index contributed by atoms with van der Waals surface area (Å²) in [5.41, 5.74) is 5.77. The Balaban J connectivity index is 1.78. The Morgan fingerprint density at radius 3 is 2.39 bits per heavy atom. The lowest BCUT2D eigenvalue weighted by atomic mass is 10.1. The van der Waals surface area contributed by atoms with Crippen molar-refractivity contribution in [2.75, 3.05) is 14.1 Å². The van der Waals surface area contributed by atoms with Crippen LogP contribution in [0.4, 0.5) is 0 Å². The molecule has 0 aliphatic heterocycles. The molecular weight excluding hydrogens is 450 g/mol. The lowest BCUT2D eigenvalue weighted by molar-refractivity contribution is 0.0827. The number of hydrogen-bond donors (Lipinski definition) is 0. The van der Waals surface area contributed by atoms with Crippen LogP contribution in [0.3, 0.4) is 0 Å². The highest BCUT2D eigenvalue weighted by atomic mass is 32.2. The molecule has 170 valence electrons. The number of fused-ring (bicyclic) bond motifs is 1. The summed E-state index contributed by atoms with van der Waals surface area (Å²) in [7, 11) is 3.49. The largest absolute Gasteiger partial charge is 0.345 e. The van der Waals surface area contributed by atoms with Crippen LogP contribution in [0.2, 0.25) is 0 Å². The minimum atomic E-state index is -0.0232. The third-order valence-corrected chi connectivity index (χ3v) is 8.07. The van der Waals surface area contributed by atoms with Crippen LogP contribution in [0.15, 0.2) is 52.4 Å². The number of amides is 1. The highest BCUT2D eigenvalue weighted by Gasteiger charge is 2.19. The van der Waals surface area contributed by atoms with Crippen LogP contribution >= 0.6 is 23.1 Å². The van der Waals surface area contributed by atoms with Gasteiger partial charge in [-0.05, 0) is 68.1 Å². The monoisotopic (exact) mass is 477 g/mol. The number of thioether (sulfide) groups is 1. The van der Waals surface area contributed by atoms with Crippen molar-refractivity contribution >= 4 is 39.2 Å². The second-order valence-electron chi connectivity index (χ2n) is 8.40. The Kier molecular flexibility index (Phi) is 6.45. The first-order valence-corrected chi connectivity index (χ1v) is 12.5. The average molecular weight is 478 g/mol. The molecule has 0 saturated heterocycles. The van der Waals surface area contributed by atoms with Gasteiger partial charge in [0, 0.05) is 30.3 Å². The van der Waals surface area contributed by atoms with Gasteiger partial charge in [-0.3, -0.25) is 14.2 Å². The minimum absolute atomic E-state index is 0.0199. The second kappa shape index (κ2) is 9.15. The lowest BCUT2D eigenvalue weighted by Crippen LogP contribution is -2.22. The maximum Gasteiger partial charge on any atom is 0.267 e. The molecule has 0 radical (unpaired) electrons. The molecular formula is C26H27N3O2S2. The molecule has 4 aromatic rings. The van der Waals surface area contributed by atoms with E-state index >= 15 is 0 Å². The first kappa shape index (κ1) is 23.3. The summed E-state index contributed by atoms with van der Waals surface area (Å²) in [6, 6.07) is 13.6. The minimum Gasteiger partial charge on any atom is -0.345 e. The molecule has 1 amide bonds. The molecule has 2 heterocycles. The molecule has 2 aromatic heterocycles. The molecule has 0 aliphatic rings. The number of rotatable bonds is 5. The quantitative estimate of drug-likeness (QED) is 0.274. The number of benzene rings is 2. The normalized spacial score (nSPS) is 11.2. The van der Waals surface area contributed by atoms with Crippen LogP contribution in [-0.2, 0) is 5.75 Å². The smallest absolute Gasteiger partial charge is 0.267 e. The van der Waals surface area contributed by atoms with Crippen molar-refractivity contribution in [1.29, 1.82) is 0 Å². The van der Waals surface area contributed by atoms with Crippen molar-refractivity contribution in [3.8, 4) is 5.69 Å². The molecule has 0 atom stereocenters. The van der Waals surface area contributed by atoms with E-state index in [0.717, 1.165) is 37.6 Å². The van der Waals surface area contributed by atoms with E-state index in [2.05, 4.69) is 13.0 Å². The fourth-order valence-corrected chi connectivity index (χ4v) is 5.74. The molecule has 0 bridgehead atoms. The Labute approximate surface area is 202 Å². The highest BCUT2D eigenvalue weighted by Crippen LogP contribution is 2.31. The van der Waals surface area contributed by atoms with E-state index in [9.17, 15) is 9.59 Å². The molecule has 0 aliphatic carbocycles. The summed E-state index contributed by atoms with van der Waals surface area (Å²) < 4.78 is 1.76. The number of nitrogens with zero attached hydrogens (tertiary/aromatic N) is 3. The van der Waals surface area contributed by atoms with Gasteiger partial charge in [-0.2, -0.15) is 0 Å². The van der Waals surface area contributed by atoms with Crippen molar-refractivity contribution < 1.29 is 4.79 Å². The Bertz CT molecular complexity index is 1420. The first-order chi connectivity index (χ1) is 15.7. The number of aromatic nitrogens is 2. The Morgan fingerprint density at radius 2 is 1.73 bits per heavy atom. The number of aryl methyl sites for hydroxylation is 3. The van der Waals surface area contributed by atoms with Gasteiger partial charge in [-0.1, -0.05) is 36.0 Å². The van der Waals surface area contributed by atoms with E-state index in [-0.39, 0.29) is 11.5 Å². The molecule has 2 aromatic carbocycles. The van der Waals surface area contributed by atoms with Gasteiger partial charge in [0.2, 0.25) is 0 Å². The number of thiophene rings is 1. The Morgan fingerprint density at radius 1 is 1.03 bits per heavy atom. The zero-order chi connectivity index (χ0) is 23.9. The first-order valence-electron chi connectivity index (χ1n) is 10.7. The molecule has 4 rings (SSSR count). The van der Waals surface area contributed by atoms with Gasteiger partial charge >= 0.3 is 0 Å². The number of carbonyl (C=O) groups is 1. The van der Waals surface area contributed by atoms with E-state index in [4.69, 9.17) is 4.98 Å². The number of carbonyl (C=O) groups excluding carboxylic acids is 1. The molecule has 7 heteroatoms. The van der Waals surface area contributed by atoms with Gasteiger partial charge in [0.05, 0.1) is 11.1 Å².